The second-order valence-electron chi connectivity index (χ2n) is 4.25. The summed E-state index contributed by atoms with van der Waals surface area (Å²) in [7, 11) is 0. The fraction of sp³-hybridized carbons (Fsp3) is 0.143. The number of benzene rings is 1. The first kappa shape index (κ1) is 14.8. The Balaban J connectivity index is 2.19. The van der Waals surface area contributed by atoms with Gasteiger partial charge in [0.25, 0.3) is 0 Å². The number of halogens is 2. The Labute approximate surface area is 129 Å². The number of carboxylic acids is 1. The second kappa shape index (κ2) is 6.24. The average Bonchev–Trinajstić information content (AvgIpc) is 2.41. The first-order valence-electron chi connectivity index (χ1n) is 5.89. The maximum Gasteiger partial charge on any atom is 0.356 e. The molecule has 6 heteroatoms. The van der Waals surface area contributed by atoms with Crippen molar-refractivity contribution in [3.8, 4) is 0 Å². The van der Waals surface area contributed by atoms with E-state index in [1.807, 2.05) is 31.2 Å². The van der Waals surface area contributed by atoms with Crippen LogP contribution in [0.15, 0.2) is 40.9 Å². The second-order valence-corrected chi connectivity index (χ2v) is 5.57. The van der Waals surface area contributed by atoms with Crippen LogP contribution in [0, 0.1) is 0 Å². The number of carboxylic acid groups (broad SMARTS) is 1. The molecule has 1 unspecified atom stereocenters. The van der Waals surface area contributed by atoms with Crippen molar-refractivity contribution >= 4 is 39.3 Å². The minimum Gasteiger partial charge on any atom is -0.476 e. The number of rotatable bonds is 4. The van der Waals surface area contributed by atoms with Crippen molar-refractivity contribution in [2.75, 3.05) is 5.32 Å². The molecule has 4 nitrogen and oxygen atoms in total. The number of aromatic carboxylic acids is 1. The van der Waals surface area contributed by atoms with E-state index in [4.69, 9.17) is 16.7 Å². The number of aromatic nitrogens is 1. The number of pyridine rings is 1. The van der Waals surface area contributed by atoms with E-state index in [0.717, 1.165) is 10.0 Å². The van der Waals surface area contributed by atoms with Gasteiger partial charge in [0.1, 0.15) is 5.82 Å². The highest BCUT2D eigenvalue weighted by Crippen LogP contribution is 2.22. The lowest BCUT2D eigenvalue weighted by Gasteiger charge is -2.15. The van der Waals surface area contributed by atoms with Crippen molar-refractivity contribution in [1.82, 2.24) is 4.98 Å². The van der Waals surface area contributed by atoms with E-state index in [9.17, 15) is 4.79 Å². The summed E-state index contributed by atoms with van der Waals surface area (Å²) in [4.78, 5) is 15.0. The van der Waals surface area contributed by atoms with E-state index in [1.165, 1.54) is 6.07 Å². The molecule has 0 aliphatic heterocycles. The van der Waals surface area contributed by atoms with E-state index in [-0.39, 0.29) is 16.8 Å². The highest BCUT2D eigenvalue weighted by Gasteiger charge is 2.13. The predicted octanol–water partition coefficient (Wildman–Crippen LogP) is 4.37. The molecule has 0 saturated heterocycles. The molecule has 2 rings (SSSR count). The Kier molecular flexibility index (Phi) is 4.62. The van der Waals surface area contributed by atoms with Gasteiger partial charge in [0.15, 0.2) is 5.69 Å². The SMILES string of the molecule is CC(Nc1ccc(Cl)c(C(=O)O)n1)c1ccc(Br)cc1. The molecule has 0 radical (unpaired) electrons. The Bertz CT molecular complexity index is 632. The quantitative estimate of drug-likeness (QED) is 0.855. The topological polar surface area (TPSA) is 62.2 Å². The third kappa shape index (κ3) is 3.49. The van der Waals surface area contributed by atoms with Crippen LogP contribution in [0.2, 0.25) is 5.02 Å². The molecule has 0 fully saturated rings. The van der Waals surface area contributed by atoms with Crippen LogP contribution in [0.5, 0.6) is 0 Å². The van der Waals surface area contributed by atoms with Crippen molar-refractivity contribution in [1.29, 1.82) is 0 Å². The molecular formula is C14H12BrClN2O2. The molecule has 2 aromatic rings. The highest BCUT2D eigenvalue weighted by atomic mass is 79.9. The smallest absolute Gasteiger partial charge is 0.356 e. The lowest BCUT2D eigenvalue weighted by molar-refractivity contribution is 0.0691. The third-order valence-corrected chi connectivity index (χ3v) is 3.62. The fourth-order valence-corrected chi connectivity index (χ4v) is 2.18. The van der Waals surface area contributed by atoms with Crippen LogP contribution in [0.4, 0.5) is 5.82 Å². The van der Waals surface area contributed by atoms with Gasteiger partial charge in [0.05, 0.1) is 5.02 Å². The van der Waals surface area contributed by atoms with Crippen LogP contribution in [0.1, 0.15) is 29.0 Å². The summed E-state index contributed by atoms with van der Waals surface area (Å²) in [5.74, 6) is -0.669. The standard InChI is InChI=1S/C14H12BrClN2O2/c1-8(9-2-4-10(15)5-3-9)17-12-7-6-11(16)13(18-12)14(19)20/h2-8H,1H3,(H,17,18)(H,19,20). The molecule has 0 bridgehead atoms. The van der Waals surface area contributed by atoms with E-state index in [1.54, 1.807) is 6.07 Å². The zero-order chi connectivity index (χ0) is 14.7. The van der Waals surface area contributed by atoms with Crippen LogP contribution in [0.25, 0.3) is 0 Å². The Morgan fingerprint density at radius 3 is 2.55 bits per heavy atom. The Morgan fingerprint density at radius 2 is 1.95 bits per heavy atom. The summed E-state index contributed by atoms with van der Waals surface area (Å²) in [5.41, 5.74) is 0.918. The van der Waals surface area contributed by atoms with Gasteiger partial charge in [-0.3, -0.25) is 0 Å². The highest BCUT2D eigenvalue weighted by molar-refractivity contribution is 9.10. The summed E-state index contributed by atoms with van der Waals surface area (Å²) in [6.45, 7) is 1.97. The molecule has 0 amide bonds. The van der Waals surface area contributed by atoms with Gasteiger partial charge in [-0.1, -0.05) is 39.7 Å². The summed E-state index contributed by atoms with van der Waals surface area (Å²) < 4.78 is 1.01. The number of carbonyl (C=O) groups is 1. The van der Waals surface area contributed by atoms with Gasteiger partial charge >= 0.3 is 5.97 Å². The molecule has 0 aliphatic rings. The Hall–Kier alpha value is -1.59. The predicted molar refractivity (Wildman–Crippen MR) is 82.4 cm³/mol. The average molecular weight is 356 g/mol. The summed E-state index contributed by atoms with van der Waals surface area (Å²) >= 11 is 9.17. The molecule has 20 heavy (non-hydrogen) atoms. The van der Waals surface area contributed by atoms with E-state index >= 15 is 0 Å². The molecule has 0 saturated carbocycles. The zero-order valence-corrected chi connectivity index (χ0v) is 12.9. The zero-order valence-electron chi connectivity index (χ0n) is 10.6. The van der Waals surface area contributed by atoms with Crippen molar-refractivity contribution in [2.24, 2.45) is 0 Å². The van der Waals surface area contributed by atoms with Crippen LogP contribution in [-0.2, 0) is 0 Å². The number of anilines is 1. The summed E-state index contributed by atoms with van der Waals surface area (Å²) in [6, 6.07) is 11.0. The van der Waals surface area contributed by atoms with Gasteiger partial charge in [-0.2, -0.15) is 0 Å². The van der Waals surface area contributed by atoms with Gasteiger partial charge in [0.2, 0.25) is 0 Å². The van der Waals surface area contributed by atoms with Crippen LogP contribution < -0.4 is 5.32 Å². The fourth-order valence-electron chi connectivity index (χ4n) is 1.73. The van der Waals surface area contributed by atoms with Gasteiger partial charge in [-0.15, -0.1) is 0 Å². The van der Waals surface area contributed by atoms with Crippen molar-refractivity contribution < 1.29 is 9.90 Å². The maximum atomic E-state index is 11.0. The van der Waals surface area contributed by atoms with Crippen molar-refractivity contribution in [3.63, 3.8) is 0 Å². The van der Waals surface area contributed by atoms with Crippen LogP contribution in [-0.4, -0.2) is 16.1 Å². The van der Waals surface area contributed by atoms with Gasteiger partial charge in [-0.25, -0.2) is 9.78 Å². The van der Waals surface area contributed by atoms with E-state index < -0.39 is 5.97 Å². The molecular weight excluding hydrogens is 344 g/mol. The molecule has 1 aromatic heterocycles. The number of nitrogens with one attached hydrogen (secondary N) is 1. The molecule has 1 aromatic carbocycles. The normalized spacial score (nSPS) is 11.9. The maximum absolute atomic E-state index is 11.0. The van der Waals surface area contributed by atoms with Crippen molar-refractivity contribution in [2.45, 2.75) is 13.0 Å². The number of nitrogens with zero attached hydrogens (tertiary/aromatic N) is 1. The lowest BCUT2D eigenvalue weighted by atomic mass is 10.1. The molecule has 2 N–H and O–H groups in total. The van der Waals surface area contributed by atoms with Crippen LogP contribution >= 0.6 is 27.5 Å². The molecule has 1 heterocycles. The lowest BCUT2D eigenvalue weighted by Crippen LogP contribution is -2.10. The summed E-state index contributed by atoms with van der Waals surface area (Å²) in [6.07, 6.45) is 0. The first-order valence-corrected chi connectivity index (χ1v) is 7.06. The summed E-state index contributed by atoms with van der Waals surface area (Å²) in [5, 5.41) is 12.3. The molecule has 104 valence electrons. The number of hydrogen-bond donors (Lipinski definition) is 2. The minimum absolute atomic E-state index is 0.00146. The third-order valence-electron chi connectivity index (χ3n) is 2.78. The number of hydrogen-bond acceptors (Lipinski definition) is 3. The van der Waals surface area contributed by atoms with E-state index in [2.05, 4.69) is 26.2 Å². The van der Waals surface area contributed by atoms with Gasteiger partial charge < -0.3 is 10.4 Å². The van der Waals surface area contributed by atoms with Gasteiger partial charge in [-0.05, 0) is 36.8 Å². The minimum atomic E-state index is -1.14. The van der Waals surface area contributed by atoms with Gasteiger partial charge in [0, 0.05) is 10.5 Å². The van der Waals surface area contributed by atoms with Crippen LogP contribution in [0.3, 0.4) is 0 Å². The van der Waals surface area contributed by atoms with E-state index in [0.29, 0.717) is 5.82 Å². The Morgan fingerprint density at radius 1 is 1.30 bits per heavy atom. The molecule has 1 atom stereocenters. The largest absolute Gasteiger partial charge is 0.476 e. The first-order chi connectivity index (χ1) is 9.47. The van der Waals surface area contributed by atoms with Crippen molar-refractivity contribution in [3.05, 3.63) is 57.2 Å². The monoisotopic (exact) mass is 354 g/mol. The molecule has 0 aliphatic carbocycles. The molecule has 0 spiro atoms.